The van der Waals surface area contributed by atoms with Gasteiger partial charge >= 0.3 is 0 Å². The van der Waals surface area contributed by atoms with E-state index in [9.17, 15) is 0 Å². The topological polar surface area (TPSA) is 25.4 Å². The molecule has 2 aromatic rings. The summed E-state index contributed by atoms with van der Waals surface area (Å²) in [5.41, 5.74) is 3.28. The molecule has 2 rings (SSSR count). The monoisotopic (exact) mass is 298 g/mol. The Bertz CT molecular complexity index is 588. The third-order valence-electron chi connectivity index (χ3n) is 3.60. The first kappa shape index (κ1) is 16.5. The molecular weight excluding hydrogens is 272 g/mol. The number of hydrogen-bond acceptors (Lipinski definition) is 3. The highest BCUT2D eigenvalue weighted by Gasteiger charge is 2.28. The predicted octanol–water partition coefficient (Wildman–Crippen LogP) is 4.45. The van der Waals surface area contributed by atoms with Gasteiger partial charge in [-0.3, -0.25) is 4.98 Å². The molecule has 1 aromatic heterocycles. The third-order valence-corrected chi connectivity index (χ3v) is 3.60. The third kappa shape index (κ3) is 4.31. The van der Waals surface area contributed by atoms with E-state index < -0.39 is 0 Å². The van der Waals surface area contributed by atoms with E-state index in [0.29, 0.717) is 6.61 Å². The highest BCUT2D eigenvalue weighted by Crippen LogP contribution is 2.36. The molecule has 0 N–H and O–H groups in total. The van der Waals surface area contributed by atoms with Crippen molar-refractivity contribution in [2.75, 3.05) is 19.0 Å². The van der Waals surface area contributed by atoms with Crippen LogP contribution in [-0.4, -0.2) is 19.1 Å². The molecule has 0 saturated carbocycles. The van der Waals surface area contributed by atoms with Crippen LogP contribution in [0.15, 0.2) is 48.7 Å². The maximum atomic E-state index is 6.23. The van der Waals surface area contributed by atoms with Gasteiger partial charge in [-0.25, -0.2) is 0 Å². The highest BCUT2D eigenvalue weighted by atomic mass is 16.5. The number of benzene rings is 1. The first-order chi connectivity index (χ1) is 10.4. The van der Waals surface area contributed by atoms with E-state index in [1.54, 1.807) is 0 Å². The zero-order valence-corrected chi connectivity index (χ0v) is 14.2. The lowest BCUT2D eigenvalue weighted by molar-refractivity contribution is -0.0330. The van der Waals surface area contributed by atoms with Gasteiger partial charge in [0.1, 0.15) is 6.10 Å². The van der Waals surface area contributed by atoms with Crippen LogP contribution in [0.25, 0.3) is 0 Å². The second kappa shape index (κ2) is 6.93. The molecule has 3 heteroatoms. The Morgan fingerprint density at radius 1 is 1.09 bits per heavy atom. The fourth-order valence-electron chi connectivity index (χ4n) is 2.39. The van der Waals surface area contributed by atoms with Crippen molar-refractivity contribution >= 4 is 5.69 Å². The van der Waals surface area contributed by atoms with Crippen LogP contribution in [0.5, 0.6) is 0 Å². The second-order valence-corrected chi connectivity index (χ2v) is 6.88. The quantitative estimate of drug-likeness (QED) is 0.815. The lowest BCUT2D eigenvalue weighted by Crippen LogP contribution is -2.23. The van der Waals surface area contributed by atoms with Crippen molar-refractivity contribution in [2.45, 2.75) is 33.5 Å². The molecule has 1 unspecified atom stereocenters. The van der Waals surface area contributed by atoms with Gasteiger partial charge in [-0.1, -0.05) is 51.1 Å². The van der Waals surface area contributed by atoms with Gasteiger partial charge in [-0.15, -0.1) is 0 Å². The van der Waals surface area contributed by atoms with Crippen molar-refractivity contribution in [3.63, 3.8) is 0 Å². The van der Waals surface area contributed by atoms with Gasteiger partial charge in [0.2, 0.25) is 0 Å². The van der Waals surface area contributed by atoms with E-state index in [4.69, 9.17) is 4.74 Å². The molecule has 1 aromatic carbocycles. The van der Waals surface area contributed by atoms with Crippen molar-refractivity contribution in [1.29, 1.82) is 0 Å². The normalized spacial score (nSPS) is 13.0. The molecule has 0 aliphatic carbocycles. The van der Waals surface area contributed by atoms with E-state index in [1.807, 2.05) is 44.6 Å². The molecule has 0 spiro atoms. The second-order valence-electron chi connectivity index (χ2n) is 6.88. The summed E-state index contributed by atoms with van der Waals surface area (Å²) in [6.45, 7) is 7.16. The lowest BCUT2D eigenvalue weighted by atomic mass is 9.86. The molecule has 22 heavy (non-hydrogen) atoms. The van der Waals surface area contributed by atoms with Gasteiger partial charge in [-0.05, 0) is 23.1 Å². The first-order valence-electron chi connectivity index (χ1n) is 7.67. The molecule has 1 heterocycles. The Kier molecular flexibility index (Phi) is 5.19. The molecule has 0 bridgehead atoms. The molecular formula is C19H26N2O. The van der Waals surface area contributed by atoms with Gasteiger partial charge in [0.05, 0.1) is 12.3 Å². The van der Waals surface area contributed by atoms with Gasteiger partial charge < -0.3 is 9.64 Å². The smallest absolute Gasteiger partial charge is 0.105 e. The minimum atomic E-state index is -0.0485. The zero-order valence-electron chi connectivity index (χ0n) is 14.2. The molecule has 0 aliphatic rings. The Labute approximate surface area is 134 Å². The standard InChI is InChI=1S/C19H26N2O/c1-19(2,3)18(22-14-15-9-7-6-8-10-15)17-13-16(21(4)5)11-12-20-17/h6-13,18H,14H2,1-5H3. The van der Waals surface area contributed by atoms with Crippen molar-refractivity contribution in [2.24, 2.45) is 5.41 Å². The molecule has 1 atom stereocenters. The summed E-state index contributed by atoms with van der Waals surface area (Å²) < 4.78 is 6.23. The number of pyridine rings is 1. The van der Waals surface area contributed by atoms with Crippen LogP contribution in [0.4, 0.5) is 5.69 Å². The summed E-state index contributed by atoms with van der Waals surface area (Å²) in [6, 6.07) is 14.4. The van der Waals surface area contributed by atoms with Gasteiger partial charge in [0.25, 0.3) is 0 Å². The summed E-state index contributed by atoms with van der Waals surface area (Å²) in [6.07, 6.45) is 1.81. The fourth-order valence-corrected chi connectivity index (χ4v) is 2.39. The van der Waals surface area contributed by atoms with Crippen molar-refractivity contribution in [3.8, 4) is 0 Å². The summed E-state index contributed by atoms with van der Waals surface area (Å²) in [4.78, 5) is 6.63. The van der Waals surface area contributed by atoms with Crippen LogP contribution in [0, 0.1) is 5.41 Å². The fraction of sp³-hybridized carbons (Fsp3) is 0.421. The van der Waals surface area contributed by atoms with Crippen LogP contribution < -0.4 is 4.90 Å². The number of aromatic nitrogens is 1. The maximum absolute atomic E-state index is 6.23. The molecule has 0 aliphatic heterocycles. The molecule has 118 valence electrons. The number of rotatable bonds is 5. The minimum Gasteiger partial charge on any atom is -0.378 e. The predicted molar refractivity (Wildman–Crippen MR) is 92.0 cm³/mol. The first-order valence-corrected chi connectivity index (χ1v) is 7.67. The maximum Gasteiger partial charge on any atom is 0.105 e. The van der Waals surface area contributed by atoms with Gasteiger partial charge in [0, 0.05) is 26.0 Å². The van der Waals surface area contributed by atoms with Crippen LogP contribution in [-0.2, 0) is 11.3 Å². The highest BCUT2D eigenvalue weighted by molar-refractivity contribution is 5.45. The Hall–Kier alpha value is -1.87. The largest absolute Gasteiger partial charge is 0.378 e. The average molecular weight is 298 g/mol. The van der Waals surface area contributed by atoms with Gasteiger partial charge in [-0.2, -0.15) is 0 Å². The number of nitrogens with zero attached hydrogens (tertiary/aromatic N) is 2. The van der Waals surface area contributed by atoms with E-state index in [-0.39, 0.29) is 11.5 Å². The SMILES string of the molecule is CN(C)c1ccnc(C(OCc2ccccc2)C(C)(C)C)c1. The molecule has 3 nitrogen and oxygen atoms in total. The summed E-state index contributed by atoms with van der Waals surface area (Å²) in [5.74, 6) is 0. The minimum absolute atomic E-state index is 0.0211. The van der Waals surface area contributed by atoms with E-state index in [0.717, 1.165) is 11.4 Å². The Balaban J connectivity index is 2.21. The number of anilines is 1. The molecule has 0 saturated heterocycles. The van der Waals surface area contributed by atoms with E-state index in [2.05, 4.69) is 48.9 Å². The van der Waals surface area contributed by atoms with Crippen molar-refractivity contribution < 1.29 is 4.74 Å². The van der Waals surface area contributed by atoms with Crippen molar-refractivity contribution in [3.05, 3.63) is 59.9 Å². The van der Waals surface area contributed by atoms with E-state index >= 15 is 0 Å². The Morgan fingerprint density at radius 2 is 1.77 bits per heavy atom. The molecule has 0 amide bonds. The summed E-state index contributed by atoms with van der Waals surface area (Å²) in [7, 11) is 4.08. The van der Waals surface area contributed by atoms with E-state index in [1.165, 1.54) is 5.56 Å². The van der Waals surface area contributed by atoms with Crippen LogP contribution in [0.2, 0.25) is 0 Å². The summed E-state index contributed by atoms with van der Waals surface area (Å²) in [5, 5.41) is 0. The van der Waals surface area contributed by atoms with Crippen LogP contribution in [0.1, 0.15) is 38.1 Å². The molecule has 0 radical (unpaired) electrons. The molecule has 0 fully saturated rings. The number of hydrogen-bond donors (Lipinski definition) is 0. The lowest BCUT2D eigenvalue weighted by Gasteiger charge is -2.31. The van der Waals surface area contributed by atoms with Gasteiger partial charge in [0.15, 0.2) is 0 Å². The van der Waals surface area contributed by atoms with Crippen molar-refractivity contribution in [1.82, 2.24) is 4.98 Å². The van der Waals surface area contributed by atoms with Crippen LogP contribution >= 0.6 is 0 Å². The zero-order chi connectivity index (χ0) is 16.2. The summed E-state index contributed by atoms with van der Waals surface area (Å²) >= 11 is 0. The van der Waals surface area contributed by atoms with Crippen LogP contribution in [0.3, 0.4) is 0 Å². The number of ether oxygens (including phenoxy) is 1. The average Bonchev–Trinajstić information content (AvgIpc) is 2.47. The Morgan fingerprint density at radius 3 is 2.36 bits per heavy atom.